The molecule has 0 unspecified atom stereocenters. The van der Waals surface area contributed by atoms with E-state index in [9.17, 15) is 25.0 Å². The molecule has 160 valence electrons. The lowest BCUT2D eigenvalue weighted by atomic mass is 10.2. The maximum atomic E-state index is 12.4. The lowest BCUT2D eigenvalue weighted by Crippen LogP contribution is -2.20. The maximum absolute atomic E-state index is 12.4. The van der Waals surface area contributed by atoms with Gasteiger partial charge in [0.15, 0.2) is 0 Å². The van der Waals surface area contributed by atoms with Crippen LogP contribution >= 0.6 is 23.2 Å². The first-order valence-corrected chi connectivity index (χ1v) is 9.28. The molecule has 3 rings (SSSR count). The number of rotatable bonds is 7. The largest absolute Gasteiger partial charge is 0.455 e. The number of nitro benzene ring substituents is 1. The molecule has 2 aromatic carbocycles. The van der Waals surface area contributed by atoms with Crippen LogP contribution in [0.4, 0.5) is 17.1 Å². The Balaban J connectivity index is 1.82. The predicted molar refractivity (Wildman–Crippen MR) is 112 cm³/mol. The van der Waals surface area contributed by atoms with Crippen molar-refractivity contribution in [2.24, 2.45) is 0 Å². The van der Waals surface area contributed by atoms with Gasteiger partial charge < -0.3 is 10.1 Å². The van der Waals surface area contributed by atoms with E-state index < -0.39 is 15.8 Å². The SMILES string of the molecule is Cc1c([N+](=O)[O-])cnn1CC(=O)Nc1cc(Oc2ccc(Cl)cc2Cl)cc([N+](=O)[O-])c1. The average Bonchev–Trinajstić information content (AvgIpc) is 3.04. The van der Waals surface area contributed by atoms with Crippen LogP contribution in [0.1, 0.15) is 5.69 Å². The second kappa shape index (κ2) is 8.98. The lowest BCUT2D eigenvalue weighted by molar-refractivity contribution is -0.385. The van der Waals surface area contributed by atoms with Gasteiger partial charge in [-0.15, -0.1) is 0 Å². The van der Waals surface area contributed by atoms with E-state index in [4.69, 9.17) is 27.9 Å². The smallest absolute Gasteiger partial charge is 0.309 e. The Bertz CT molecular complexity index is 1200. The summed E-state index contributed by atoms with van der Waals surface area (Å²) in [5.41, 5.74) is -0.276. The molecule has 0 atom stereocenters. The minimum absolute atomic E-state index is 0.0552. The molecule has 1 aromatic heterocycles. The molecular weight excluding hydrogens is 453 g/mol. The van der Waals surface area contributed by atoms with Crippen LogP contribution < -0.4 is 10.1 Å². The van der Waals surface area contributed by atoms with Crippen molar-refractivity contribution < 1.29 is 19.4 Å². The molecule has 0 aliphatic carbocycles. The summed E-state index contributed by atoms with van der Waals surface area (Å²) in [6.07, 6.45) is 1.04. The highest BCUT2D eigenvalue weighted by molar-refractivity contribution is 6.35. The minimum Gasteiger partial charge on any atom is -0.455 e. The molecule has 3 aromatic rings. The first kappa shape index (κ1) is 22.0. The van der Waals surface area contributed by atoms with Gasteiger partial charge >= 0.3 is 5.69 Å². The number of hydrogen-bond acceptors (Lipinski definition) is 7. The highest BCUT2D eigenvalue weighted by atomic mass is 35.5. The van der Waals surface area contributed by atoms with Gasteiger partial charge in [0, 0.05) is 17.2 Å². The molecule has 0 bridgehead atoms. The average molecular weight is 466 g/mol. The number of nitrogens with one attached hydrogen (secondary N) is 1. The van der Waals surface area contributed by atoms with Crippen molar-refractivity contribution in [3.8, 4) is 11.5 Å². The highest BCUT2D eigenvalue weighted by Crippen LogP contribution is 2.34. The van der Waals surface area contributed by atoms with Crippen LogP contribution in [-0.2, 0) is 11.3 Å². The molecule has 1 heterocycles. The van der Waals surface area contributed by atoms with Gasteiger partial charge in [0.2, 0.25) is 5.91 Å². The van der Waals surface area contributed by atoms with Crippen LogP contribution in [0.3, 0.4) is 0 Å². The number of carbonyl (C=O) groups excluding carboxylic acids is 1. The first-order valence-electron chi connectivity index (χ1n) is 8.53. The first-order chi connectivity index (χ1) is 14.6. The predicted octanol–water partition coefficient (Wildman–Crippen LogP) is 4.75. The van der Waals surface area contributed by atoms with E-state index in [-0.39, 0.29) is 45.8 Å². The number of non-ortho nitro benzene ring substituents is 1. The number of aromatic nitrogens is 2. The zero-order chi connectivity index (χ0) is 22.7. The van der Waals surface area contributed by atoms with E-state index in [1.54, 1.807) is 0 Å². The molecule has 1 amide bonds. The summed E-state index contributed by atoms with van der Waals surface area (Å²) in [4.78, 5) is 33.3. The second-order valence-electron chi connectivity index (χ2n) is 6.23. The molecule has 0 saturated carbocycles. The van der Waals surface area contributed by atoms with E-state index in [0.29, 0.717) is 5.02 Å². The van der Waals surface area contributed by atoms with Crippen molar-refractivity contribution >= 4 is 46.2 Å². The van der Waals surface area contributed by atoms with Crippen LogP contribution in [0.25, 0.3) is 0 Å². The summed E-state index contributed by atoms with van der Waals surface area (Å²) in [5.74, 6) is -0.333. The van der Waals surface area contributed by atoms with Crippen molar-refractivity contribution in [2.45, 2.75) is 13.5 Å². The summed E-state index contributed by atoms with van der Waals surface area (Å²) in [7, 11) is 0. The summed E-state index contributed by atoms with van der Waals surface area (Å²) >= 11 is 11.9. The highest BCUT2D eigenvalue weighted by Gasteiger charge is 2.19. The molecule has 0 spiro atoms. The number of ether oxygens (including phenoxy) is 1. The standard InChI is InChI=1S/C18H13Cl2N5O6/c1-10-16(25(29)30)8-21-23(10)9-18(26)22-12-5-13(24(27)28)7-14(6-12)31-17-3-2-11(19)4-15(17)20/h2-8H,9H2,1H3,(H,22,26). The van der Waals surface area contributed by atoms with Crippen LogP contribution in [0.5, 0.6) is 11.5 Å². The van der Waals surface area contributed by atoms with E-state index in [0.717, 1.165) is 16.9 Å². The fourth-order valence-electron chi connectivity index (χ4n) is 2.62. The molecule has 0 aliphatic rings. The normalized spacial score (nSPS) is 10.5. The summed E-state index contributed by atoms with van der Waals surface area (Å²) in [5, 5.41) is 29.1. The van der Waals surface area contributed by atoms with Gasteiger partial charge in [0.25, 0.3) is 5.69 Å². The minimum atomic E-state index is -0.646. The van der Waals surface area contributed by atoms with Gasteiger partial charge in [-0.2, -0.15) is 5.10 Å². The van der Waals surface area contributed by atoms with Crippen LogP contribution in [0, 0.1) is 27.2 Å². The third kappa shape index (κ3) is 5.27. The molecule has 0 fully saturated rings. The number of nitrogens with zero attached hydrogens (tertiary/aromatic N) is 4. The quantitative estimate of drug-likeness (QED) is 0.391. The van der Waals surface area contributed by atoms with Crippen molar-refractivity contribution in [3.05, 3.63) is 78.6 Å². The molecular formula is C18H13Cl2N5O6. The molecule has 0 aliphatic heterocycles. The van der Waals surface area contributed by atoms with Crippen molar-refractivity contribution in [3.63, 3.8) is 0 Å². The number of benzene rings is 2. The number of amides is 1. The molecule has 13 heteroatoms. The van der Waals surface area contributed by atoms with Crippen molar-refractivity contribution in [2.75, 3.05) is 5.32 Å². The maximum Gasteiger partial charge on any atom is 0.309 e. The van der Waals surface area contributed by atoms with Gasteiger partial charge in [-0.05, 0) is 25.1 Å². The summed E-state index contributed by atoms with van der Waals surface area (Å²) in [6.45, 7) is 1.12. The fourth-order valence-corrected chi connectivity index (χ4v) is 3.06. The topological polar surface area (TPSA) is 142 Å². The molecule has 31 heavy (non-hydrogen) atoms. The monoisotopic (exact) mass is 465 g/mol. The summed E-state index contributed by atoms with van der Waals surface area (Å²) in [6, 6.07) is 8.16. The van der Waals surface area contributed by atoms with E-state index in [1.165, 1.54) is 37.3 Å². The van der Waals surface area contributed by atoms with Crippen molar-refractivity contribution in [1.82, 2.24) is 9.78 Å². The Morgan fingerprint density at radius 3 is 2.52 bits per heavy atom. The zero-order valence-corrected chi connectivity index (χ0v) is 17.3. The Hall–Kier alpha value is -3.70. The molecule has 11 nitrogen and oxygen atoms in total. The number of anilines is 1. The Morgan fingerprint density at radius 1 is 1.16 bits per heavy atom. The van der Waals surface area contributed by atoms with Gasteiger partial charge in [-0.3, -0.25) is 29.7 Å². The van der Waals surface area contributed by atoms with Crippen LogP contribution in [0.15, 0.2) is 42.6 Å². The van der Waals surface area contributed by atoms with Gasteiger partial charge in [-0.25, -0.2) is 0 Å². The third-order valence-electron chi connectivity index (χ3n) is 4.07. The van der Waals surface area contributed by atoms with Gasteiger partial charge in [-0.1, -0.05) is 23.2 Å². The van der Waals surface area contributed by atoms with Gasteiger partial charge in [0.05, 0.1) is 26.6 Å². The van der Waals surface area contributed by atoms with Crippen LogP contribution in [0.2, 0.25) is 10.0 Å². The summed E-state index contributed by atoms with van der Waals surface area (Å²) < 4.78 is 6.75. The number of halogens is 2. The fraction of sp³-hybridized carbons (Fsp3) is 0.111. The number of nitro groups is 2. The zero-order valence-electron chi connectivity index (χ0n) is 15.7. The lowest BCUT2D eigenvalue weighted by Gasteiger charge is -2.11. The molecule has 0 saturated heterocycles. The Labute approximate surface area is 184 Å². The third-order valence-corrected chi connectivity index (χ3v) is 4.61. The second-order valence-corrected chi connectivity index (χ2v) is 7.07. The molecule has 0 radical (unpaired) electrons. The van der Waals surface area contributed by atoms with E-state index >= 15 is 0 Å². The number of hydrogen-bond donors (Lipinski definition) is 1. The Morgan fingerprint density at radius 2 is 1.90 bits per heavy atom. The molecule has 1 N–H and O–H groups in total. The van der Waals surface area contributed by atoms with Crippen molar-refractivity contribution in [1.29, 1.82) is 0 Å². The van der Waals surface area contributed by atoms with Gasteiger partial charge in [0.1, 0.15) is 29.9 Å². The van der Waals surface area contributed by atoms with E-state index in [2.05, 4.69) is 10.4 Å². The van der Waals surface area contributed by atoms with Crippen LogP contribution in [-0.4, -0.2) is 25.5 Å². The van der Waals surface area contributed by atoms with E-state index in [1.807, 2.05) is 0 Å². The number of carbonyl (C=O) groups is 1. The Kier molecular flexibility index (Phi) is 6.37.